The van der Waals surface area contributed by atoms with Gasteiger partial charge in [0, 0.05) is 0 Å². The van der Waals surface area contributed by atoms with Crippen molar-refractivity contribution in [2.45, 2.75) is 23.9 Å². The second-order valence-corrected chi connectivity index (χ2v) is 18.6. The minimum atomic E-state index is -1.99. The second kappa shape index (κ2) is 5.31. The molecule has 1 heteroatoms. The van der Waals surface area contributed by atoms with Crippen LogP contribution in [0.15, 0.2) is 60.7 Å². The maximum atomic E-state index is 2.40. The summed E-state index contributed by atoms with van der Waals surface area (Å²) in [7, 11) is 0. The average molecular weight is 421 g/mol. The summed E-state index contributed by atoms with van der Waals surface area (Å²) >= 11 is -1.99. The Balaban J connectivity index is 2.48. The molecule has 0 N–H and O–H groups in total. The van der Waals surface area contributed by atoms with Gasteiger partial charge in [-0.05, 0) is 0 Å². The molecule has 0 bridgehead atoms. The Labute approximate surface area is 112 Å². The van der Waals surface area contributed by atoms with Crippen molar-refractivity contribution in [3.05, 3.63) is 60.7 Å². The van der Waals surface area contributed by atoms with E-state index in [2.05, 4.69) is 81.4 Å². The van der Waals surface area contributed by atoms with Crippen molar-refractivity contribution < 1.29 is 0 Å². The topological polar surface area (TPSA) is 0 Å². The van der Waals surface area contributed by atoms with Crippen LogP contribution in [0.2, 0.25) is 3.12 Å². The Hall–Kier alpha value is -0.677. The fraction of sp³-hybridized carbons (Fsp3) is 0.250. The third kappa shape index (κ3) is 3.16. The SMILES string of the molecule is C[C](C)(C)[BiH]([c]1ccccc1)[c]1ccccc1. The van der Waals surface area contributed by atoms with Crippen molar-refractivity contribution in [3.63, 3.8) is 0 Å². The van der Waals surface area contributed by atoms with E-state index in [0.29, 0.717) is 3.12 Å². The molecule has 0 unspecified atom stereocenters. The zero-order valence-electron chi connectivity index (χ0n) is 10.8. The molecular weight excluding hydrogens is 401 g/mol. The minimum absolute atomic E-state index is 0.438. The van der Waals surface area contributed by atoms with E-state index in [9.17, 15) is 0 Å². The summed E-state index contributed by atoms with van der Waals surface area (Å²) in [6.45, 7) is 7.19. The molecule has 0 aliphatic heterocycles. The predicted octanol–water partition coefficient (Wildman–Crippen LogP) is 2.83. The van der Waals surface area contributed by atoms with E-state index < -0.39 is 21.8 Å². The van der Waals surface area contributed by atoms with Gasteiger partial charge in [0.25, 0.3) is 0 Å². The number of hydrogen-bond acceptors (Lipinski definition) is 0. The molecule has 0 amide bonds. The second-order valence-electron chi connectivity index (χ2n) is 5.36. The van der Waals surface area contributed by atoms with Gasteiger partial charge in [-0.2, -0.15) is 0 Å². The average Bonchev–Trinajstić information content (AvgIpc) is 2.30. The first-order valence-corrected chi connectivity index (χ1v) is 11.9. The van der Waals surface area contributed by atoms with Crippen LogP contribution in [-0.2, 0) is 0 Å². The van der Waals surface area contributed by atoms with Crippen LogP contribution in [0, 0.1) is 0 Å². The standard InChI is InChI=1S/2C6H5.C4H9.Bi.H/c2*1-2-4-6-5-3-1;1-4(2)3;;/h2*1-5H;1-3H3;;. The van der Waals surface area contributed by atoms with Gasteiger partial charge in [-0.1, -0.05) is 0 Å². The summed E-state index contributed by atoms with van der Waals surface area (Å²) in [6.07, 6.45) is 0. The van der Waals surface area contributed by atoms with Crippen LogP contribution < -0.4 is 6.54 Å². The van der Waals surface area contributed by atoms with E-state index in [1.165, 1.54) is 0 Å². The van der Waals surface area contributed by atoms with E-state index in [0.717, 1.165) is 0 Å². The Bertz CT molecular complexity index is 414. The molecule has 2 rings (SSSR count). The van der Waals surface area contributed by atoms with E-state index in [1.54, 1.807) is 6.54 Å². The van der Waals surface area contributed by atoms with E-state index in [1.807, 2.05) is 0 Å². The monoisotopic (exact) mass is 421 g/mol. The zero-order valence-corrected chi connectivity index (χ0v) is 14.7. The van der Waals surface area contributed by atoms with Gasteiger partial charge in [0.1, 0.15) is 0 Å². The Morgan fingerprint density at radius 1 is 0.647 bits per heavy atom. The first-order valence-electron chi connectivity index (χ1n) is 6.07. The summed E-state index contributed by atoms with van der Waals surface area (Å²) in [6, 6.07) is 22.2. The van der Waals surface area contributed by atoms with Crippen LogP contribution in [0.5, 0.6) is 0 Å². The molecular formula is C16H20Bi. The van der Waals surface area contributed by atoms with E-state index >= 15 is 0 Å². The van der Waals surface area contributed by atoms with E-state index in [4.69, 9.17) is 0 Å². The van der Waals surface area contributed by atoms with Crippen LogP contribution in [0.4, 0.5) is 0 Å². The maximum absolute atomic E-state index is 2.40. The van der Waals surface area contributed by atoms with E-state index in [-0.39, 0.29) is 0 Å². The summed E-state index contributed by atoms with van der Waals surface area (Å²) in [5, 5.41) is 0. The van der Waals surface area contributed by atoms with Gasteiger partial charge < -0.3 is 0 Å². The predicted molar refractivity (Wildman–Crippen MR) is 79.0 cm³/mol. The third-order valence-electron chi connectivity index (χ3n) is 2.87. The van der Waals surface area contributed by atoms with Gasteiger partial charge in [-0.3, -0.25) is 0 Å². The molecule has 0 saturated heterocycles. The fourth-order valence-electron chi connectivity index (χ4n) is 2.24. The van der Waals surface area contributed by atoms with Gasteiger partial charge >= 0.3 is 113 Å². The molecule has 0 aliphatic rings. The fourth-order valence-corrected chi connectivity index (χ4v) is 14.4. The quantitative estimate of drug-likeness (QED) is 0.655. The molecule has 0 atom stereocenters. The number of hydrogen-bond donors (Lipinski definition) is 0. The Morgan fingerprint density at radius 2 is 1.00 bits per heavy atom. The Morgan fingerprint density at radius 3 is 1.29 bits per heavy atom. The summed E-state index contributed by atoms with van der Waals surface area (Å²) in [5.41, 5.74) is 0. The van der Waals surface area contributed by atoms with Crippen LogP contribution >= 0.6 is 0 Å². The number of rotatable bonds is 2. The van der Waals surface area contributed by atoms with Crippen molar-refractivity contribution >= 4 is 28.3 Å². The summed E-state index contributed by atoms with van der Waals surface area (Å²) in [5.74, 6) is 0. The molecule has 0 nitrogen and oxygen atoms in total. The summed E-state index contributed by atoms with van der Waals surface area (Å²) in [4.78, 5) is 0. The molecule has 89 valence electrons. The zero-order chi connectivity index (χ0) is 12.3. The normalized spacial score (nSPS) is 11.8. The molecule has 0 aromatic heterocycles. The van der Waals surface area contributed by atoms with Gasteiger partial charge in [0.2, 0.25) is 0 Å². The molecule has 0 fully saturated rings. The van der Waals surface area contributed by atoms with Crippen LogP contribution in [0.3, 0.4) is 0 Å². The van der Waals surface area contributed by atoms with Gasteiger partial charge in [-0.25, -0.2) is 0 Å². The van der Waals surface area contributed by atoms with Gasteiger partial charge in [-0.15, -0.1) is 0 Å². The number of benzene rings is 2. The molecule has 0 spiro atoms. The molecule has 17 heavy (non-hydrogen) atoms. The first kappa shape index (κ1) is 12.8. The molecule has 1 radical (unpaired) electrons. The summed E-state index contributed by atoms with van der Waals surface area (Å²) < 4.78 is 3.65. The van der Waals surface area contributed by atoms with Gasteiger partial charge in [0.15, 0.2) is 0 Å². The van der Waals surface area contributed by atoms with Crippen molar-refractivity contribution in [3.8, 4) is 0 Å². The van der Waals surface area contributed by atoms with Crippen molar-refractivity contribution in [2.24, 2.45) is 0 Å². The van der Waals surface area contributed by atoms with Crippen molar-refractivity contribution in [1.29, 1.82) is 0 Å². The molecule has 0 aliphatic carbocycles. The van der Waals surface area contributed by atoms with Crippen molar-refractivity contribution in [2.75, 3.05) is 0 Å². The van der Waals surface area contributed by atoms with Crippen molar-refractivity contribution in [1.82, 2.24) is 0 Å². The molecule has 2 aromatic rings. The first-order chi connectivity index (χ1) is 8.09. The molecule has 0 heterocycles. The Kier molecular flexibility index (Phi) is 3.99. The van der Waals surface area contributed by atoms with Crippen LogP contribution in [-0.4, -0.2) is 21.8 Å². The van der Waals surface area contributed by atoms with Crippen LogP contribution in [0.25, 0.3) is 0 Å². The van der Waals surface area contributed by atoms with Gasteiger partial charge in [0.05, 0.1) is 0 Å². The molecule has 0 saturated carbocycles. The van der Waals surface area contributed by atoms with Crippen LogP contribution in [0.1, 0.15) is 20.8 Å². The molecule has 2 aromatic carbocycles. The third-order valence-corrected chi connectivity index (χ3v) is 15.8.